The Bertz CT molecular complexity index is 309. The smallest absolute Gasteiger partial charge is 0.193 e. The van der Waals surface area contributed by atoms with E-state index in [0.29, 0.717) is 12.2 Å². The summed E-state index contributed by atoms with van der Waals surface area (Å²) < 4.78 is 5.44. The van der Waals surface area contributed by atoms with E-state index in [2.05, 4.69) is 4.98 Å². The molecule has 0 bridgehead atoms. The lowest BCUT2D eigenvalue weighted by atomic mass is 9.99. The summed E-state index contributed by atoms with van der Waals surface area (Å²) >= 11 is 0. The Morgan fingerprint density at radius 2 is 2.27 bits per heavy atom. The van der Waals surface area contributed by atoms with E-state index in [-0.39, 0.29) is 17.8 Å². The molecule has 1 aromatic heterocycles. The minimum atomic E-state index is -0.362. The number of carbonyl (C=O) groups excluding carboxylic acids is 1. The van der Waals surface area contributed by atoms with E-state index in [1.807, 2.05) is 20.8 Å². The zero-order valence-electron chi connectivity index (χ0n) is 9.43. The number of carbonyl (C=O) groups is 1. The van der Waals surface area contributed by atoms with Crippen LogP contribution in [-0.4, -0.2) is 23.5 Å². The van der Waals surface area contributed by atoms with Crippen molar-refractivity contribution in [1.29, 1.82) is 0 Å². The van der Waals surface area contributed by atoms with Gasteiger partial charge >= 0.3 is 0 Å². The average Bonchev–Trinajstić information content (AvgIpc) is 2.26. The van der Waals surface area contributed by atoms with Crippen LogP contribution in [0.3, 0.4) is 0 Å². The molecule has 0 spiro atoms. The fraction of sp³-hybridized carbons (Fsp3) is 0.500. The Balaban J connectivity index is 2.81. The lowest BCUT2D eigenvalue weighted by molar-refractivity contribution is 0.0279. The number of hydrogen-bond acceptors (Lipinski definition) is 3. The maximum atomic E-state index is 12.0. The van der Waals surface area contributed by atoms with Gasteiger partial charge in [0.1, 0.15) is 6.10 Å². The Hall–Kier alpha value is -1.22. The average molecular weight is 207 g/mol. The molecule has 0 fully saturated rings. The van der Waals surface area contributed by atoms with Crippen molar-refractivity contribution < 1.29 is 9.53 Å². The predicted molar refractivity (Wildman–Crippen MR) is 58.8 cm³/mol. The molecule has 1 aromatic rings. The Morgan fingerprint density at radius 1 is 1.53 bits per heavy atom. The maximum absolute atomic E-state index is 12.0. The van der Waals surface area contributed by atoms with Crippen molar-refractivity contribution in [3.8, 4) is 0 Å². The molecule has 0 aliphatic rings. The third-order valence-electron chi connectivity index (χ3n) is 2.16. The van der Waals surface area contributed by atoms with Gasteiger partial charge in [0.2, 0.25) is 0 Å². The number of ether oxygens (including phenoxy) is 1. The minimum Gasteiger partial charge on any atom is -0.370 e. The molecular formula is C12H17NO2. The van der Waals surface area contributed by atoms with Crippen molar-refractivity contribution in [2.45, 2.75) is 26.9 Å². The number of hydrogen-bond donors (Lipinski definition) is 0. The molecule has 0 aromatic carbocycles. The van der Waals surface area contributed by atoms with E-state index in [0.717, 1.165) is 0 Å². The van der Waals surface area contributed by atoms with Crippen molar-refractivity contribution in [2.75, 3.05) is 6.61 Å². The van der Waals surface area contributed by atoms with Crippen molar-refractivity contribution in [1.82, 2.24) is 4.98 Å². The van der Waals surface area contributed by atoms with Gasteiger partial charge < -0.3 is 4.74 Å². The van der Waals surface area contributed by atoms with Gasteiger partial charge in [-0.3, -0.25) is 9.78 Å². The van der Waals surface area contributed by atoms with Crippen LogP contribution in [0.4, 0.5) is 0 Å². The highest BCUT2D eigenvalue weighted by Crippen LogP contribution is 2.13. The summed E-state index contributed by atoms with van der Waals surface area (Å²) in [4.78, 5) is 15.9. The highest BCUT2D eigenvalue weighted by Gasteiger charge is 2.23. The summed E-state index contributed by atoms with van der Waals surface area (Å²) in [6.45, 7) is 6.41. The van der Waals surface area contributed by atoms with Gasteiger partial charge in [0.05, 0.1) is 0 Å². The van der Waals surface area contributed by atoms with Crippen molar-refractivity contribution in [3.63, 3.8) is 0 Å². The molecule has 1 rings (SSSR count). The van der Waals surface area contributed by atoms with E-state index in [4.69, 9.17) is 4.74 Å². The SMILES string of the molecule is CCOC(C(=O)c1cccnc1)C(C)C. The van der Waals surface area contributed by atoms with Crippen LogP contribution < -0.4 is 0 Å². The second kappa shape index (κ2) is 5.61. The van der Waals surface area contributed by atoms with Gasteiger partial charge in [0, 0.05) is 24.6 Å². The highest BCUT2D eigenvalue weighted by atomic mass is 16.5. The molecule has 0 aliphatic heterocycles. The van der Waals surface area contributed by atoms with Crippen LogP contribution in [0.2, 0.25) is 0 Å². The first-order valence-corrected chi connectivity index (χ1v) is 5.22. The molecule has 15 heavy (non-hydrogen) atoms. The van der Waals surface area contributed by atoms with Gasteiger partial charge in [-0.05, 0) is 25.0 Å². The predicted octanol–water partition coefficient (Wildman–Crippen LogP) is 2.33. The highest BCUT2D eigenvalue weighted by molar-refractivity contribution is 5.99. The van der Waals surface area contributed by atoms with Crippen molar-refractivity contribution in [2.24, 2.45) is 5.92 Å². The number of Topliss-reactive ketones (excluding diaryl/α,β-unsaturated/α-hetero) is 1. The van der Waals surface area contributed by atoms with E-state index < -0.39 is 0 Å². The Morgan fingerprint density at radius 3 is 2.73 bits per heavy atom. The molecule has 0 amide bonds. The molecule has 82 valence electrons. The summed E-state index contributed by atoms with van der Waals surface area (Å²) in [6, 6.07) is 3.53. The summed E-state index contributed by atoms with van der Waals surface area (Å²) in [5.74, 6) is 0.192. The van der Waals surface area contributed by atoms with Gasteiger partial charge in [-0.1, -0.05) is 13.8 Å². The fourth-order valence-corrected chi connectivity index (χ4v) is 1.42. The first-order valence-electron chi connectivity index (χ1n) is 5.22. The molecular weight excluding hydrogens is 190 g/mol. The Kier molecular flexibility index (Phi) is 4.43. The van der Waals surface area contributed by atoms with Crippen LogP contribution in [0, 0.1) is 5.92 Å². The molecule has 0 aliphatic carbocycles. The lowest BCUT2D eigenvalue weighted by Crippen LogP contribution is -2.29. The third kappa shape index (κ3) is 3.13. The second-order valence-corrected chi connectivity index (χ2v) is 3.73. The van der Waals surface area contributed by atoms with E-state index in [1.54, 1.807) is 24.5 Å². The van der Waals surface area contributed by atoms with E-state index >= 15 is 0 Å². The van der Waals surface area contributed by atoms with Gasteiger partial charge in [-0.25, -0.2) is 0 Å². The second-order valence-electron chi connectivity index (χ2n) is 3.73. The summed E-state index contributed by atoms with van der Waals surface area (Å²) in [5, 5.41) is 0. The number of pyridine rings is 1. The van der Waals surface area contributed by atoms with Crippen LogP contribution in [-0.2, 0) is 4.74 Å². The van der Waals surface area contributed by atoms with Crippen LogP contribution in [0.15, 0.2) is 24.5 Å². The van der Waals surface area contributed by atoms with Gasteiger partial charge in [-0.2, -0.15) is 0 Å². The topological polar surface area (TPSA) is 39.2 Å². The van der Waals surface area contributed by atoms with E-state index in [9.17, 15) is 4.79 Å². The van der Waals surface area contributed by atoms with Gasteiger partial charge in [-0.15, -0.1) is 0 Å². The lowest BCUT2D eigenvalue weighted by Gasteiger charge is -2.19. The van der Waals surface area contributed by atoms with Crippen LogP contribution in [0.25, 0.3) is 0 Å². The molecule has 1 atom stereocenters. The number of ketones is 1. The summed E-state index contributed by atoms with van der Waals surface area (Å²) in [6.07, 6.45) is 2.87. The monoisotopic (exact) mass is 207 g/mol. The molecule has 0 saturated carbocycles. The summed E-state index contributed by atoms with van der Waals surface area (Å²) in [7, 11) is 0. The normalized spacial score (nSPS) is 12.8. The maximum Gasteiger partial charge on any atom is 0.193 e. The number of rotatable bonds is 5. The molecule has 0 radical (unpaired) electrons. The summed E-state index contributed by atoms with van der Waals surface area (Å²) in [5.41, 5.74) is 0.615. The van der Waals surface area contributed by atoms with Crippen LogP contribution in [0.5, 0.6) is 0 Å². The van der Waals surface area contributed by atoms with Gasteiger partial charge in [0.25, 0.3) is 0 Å². The zero-order valence-corrected chi connectivity index (χ0v) is 9.43. The first kappa shape index (κ1) is 11.9. The first-order chi connectivity index (χ1) is 7.16. The number of nitrogens with zero attached hydrogens (tertiary/aromatic N) is 1. The molecule has 0 N–H and O–H groups in total. The number of aromatic nitrogens is 1. The molecule has 1 heterocycles. The molecule has 0 saturated heterocycles. The molecule has 3 nitrogen and oxygen atoms in total. The molecule has 3 heteroatoms. The van der Waals surface area contributed by atoms with Crippen LogP contribution in [0.1, 0.15) is 31.1 Å². The fourth-order valence-electron chi connectivity index (χ4n) is 1.42. The van der Waals surface area contributed by atoms with Crippen LogP contribution >= 0.6 is 0 Å². The quantitative estimate of drug-likeness (QED) is 0.695. The standard InChI is InChI=1S/C12H17NO2/c1-4-15-12(9(2)3)11(14)10-6-5-7-13-8-10/h5-9,12H,4H2,1-3H3. The molecule has 1 unspecified atom stereocenters. The largest absolute Gasteiger partial charge is 0.370 e. The van der Waals surface area contributed by atoms with Crippen molar-refractivity contribution in [3.05, 3.63) is 30.1 Å². The minimum absolute atomic E-state index is 0.0138. The third-order valence-corrected chi connectivity index (χ3v) is 2.16. The van der Waals surface area contributed by atoms with E-state index in [1.165, 1.54) is 0 Å². The van der Waals surface area contributed by atoms with Gasteiger partial charge in [0.15, 0.2) is 5.78 Å². The zero-order chi connectivity index (χ0) is 11.3. The Labute approximate surface area is 90.5 Å². The van der Waals surface area contributed by atoms with Crippen molar-refractivity contribution >= 4 is 5.78 Å².